The zero-order valence-electron chi connectivity index (χ0n) is 14.7. The average molecular weight is 314 g/mol. The summed E-state index contributed by atoms with van der Waals surface area (Å²) in [5.41, 5.74) is -0.782. The Balaban J connectivity index is 2.02. The SMILES string of the molecule is CN(C)CCN1[C@@]2(C#N)CCCC[C@@H]2C[C@@H]2CCCC[C@]21C#N. The Bertz CT molecular complexity index is 476. The summed E-state index contributed by atoms with van der Waals surface area (Å²) in [7, 11) is 4.16. The molecule has 0 amide bonds. The fourth-order valence-corrected chi connectivity index (χ4v) is 5.61. The number of hydrogen-bond donors (Lipinski definition) is 0. The number of fused-ring (bicyclic) bond motifs is 2. The first kappa shape index (κ1) is 16.7. The van der Waals surface area contributed by atoms with Gasteiger partial charge >= 0.3 is 0 Å². The summed E-state index contributed by atoms with van der Waals surface area (Å²) in [6, 6.07) is 5.48. The lowest BCUT2D eigenvalue weighted by molar-refractivity contribution is -0.112. The third-order valence-electron chi connectivity index (χ3n) is 6.76. The van der Waals surface area contributed by atoms with E-state index in [-0.39, 0.29) is 0 Å². The summed E-state index contributed by atoms with van der Waals surface area (Å²) >= 11 is 0. The van der Waals surface area contributed by atoms with E-state index < -0.39 is 11.1 Å². The monoisotopic (exact) mass is 314 g/mol. The van der Waals surface area contributed by atoms with Gasteiger partial charge in [0, 0.05) is 13.1 Å². The highest BCUT2D eigenvalue weighted by Crippen LogP contribution is 2.55. The Morgan fingerprint density at radius 3 is 1.91 bits per heavy atom. The van der Waals surface area contributed by atoms with Gasteiger partial charge in [-0.25, -0.2) is 0 Å². The van der Waals surface area contributed by atoms with Gasteiger partial charge in [-0.15, -0.1) is 0 Å². The summed E-state index contributed by atoms with van der Waals surface area (Å²) in [5, 5.41) is 20.4. The van der Waals surface area contributed by atoms with Gasteiger partial charge in [0.05, 0.1) is 12.1 Å². The van der Waals surface area contributed by atoms with E-state index in [0.29, 0.717) is 11.8 Å². The molecule has 4 atom stereocenters. The minimum Gasteiger partial charge on any atom is -0.308 e. The Labute approximate surface area is 141 Å². The molecule has 4 nitrogen and oxygen atoms in total. The standard InChI is InChI=1S/C19H30N4/c1-22(2)11-12-23-18(14-20)9-5-3-7-16(18)13-17-8-4-6-10-19(17,23)15-21/h16-17H,3-13H2,1-2H3/t16-,17+,18-,19+. The molecule has 4 heteroatoms. The third-order valence-corrected chi connectivity index (χ3v) is 6.76. The van der Waals surface area contributed by atoms with E-state index in [4.69, 9.17) is 0 Å². The fraction of sp³-hybridized carbons (Fsp3) is 0.895. The second-order valence-electron chi connectivity index (χ2n) is 8.15. The van der Waals surface area contributed by atoms with Gasteiger partial charge in [0.2, 0.25) is 0 Å². The van der Waals surface area contributed by atoms with Gasteiger partial charge in [-0.1, -0.05) is 25.7 Å². The maximum absolute atomic E-state index is 10.2. The summed E-state index contributed by atoms with van der Waals surface area (Å²) in [5.74, 6) is 0.931. The van der Waals surface area contributed by atoms with Crippen molar-refractivity contribution in [3.05, 3.63) is 0 Å². The number of likely N-dealkylation sites (N-methyl/N-ethyl adjacent to an activating group) is 1. The van der Waals surface area contributed by atoms with E-state index in [0.717, 1.165) is 45.2 Å². The van der Waals surface area contributed by atoms with Gasteiger partial charge in [-0.2, -0.15) is 10.5 Å². The second kappa shape index (κ2) is 6.42. The van der Waals surface area contributed by atoms with Gasteiger partial charge in [-0.3, -0.25) is 4.90 Å². The molecule has 0 spiro atoms. The molecule has 0 aromatic heterocycles. The molecule has 3 aliphatic rings. The van der Waals surface area contributed by atoms with Crippen molar-refractivity contribution >= 4 is 0 Å². The summed E-state index contributed by atoms with van der Waals surface area (Å²) < 4.78 is 0. The molecule has 0 radical (unpaired) electrons. The number of nitrogens with zero attached hydrogens (tertiary/aromatic N) is 4. The molecule has 126 valence electrons. The topological polar surface area (TPSA) is 54.1 Å². The molecular weight excluding hydrogens is 284 g/mol. The second-order valence-corrected chi connectivity index (χ2v) is 8.15. The molecule has 23 heavy (non-hydrogen) atoms. The maximum Gasteiger partial charge on any atom is 0.113 e. The molecule has 0 bridgehead atoms. The van der Waals surface area contributed by atoms with Crippen LogP contribution < -0.4 is 0 Å². The first-order valence-electron chi connectivity index (χ1n) is 9.34. The molecular formula is C19H30N4. The number of nitriles is 2. The van der Waals surface area contributed by atoms with Gasteiger partial charge in [-0.05, 0) is 58.0 Å². The van der Waals surface area contributed by atoms with Crippen LogP contribution in [-0.2, 0) is 0 Å². The number of likely N-dealkylation sites (tertiary alicyclic amines) is 1. The van der Waals surface area contributed by atoms with Crippen LogP contribution in [0.3, 0.4) is 0 Å². The van der Waals surface area contributed by atoms with Gasteiger partial charge in [0.1, 0.15) is 11.1 Å². The molecule has 1 aliphatic heterocycles. The maximum atomic E-state index is 10.2. The van der Waals surface area contributed by atoms with Crippen LogP contribution >= 0.6 is 0 Å². The molecule has 1 heterocycles. The molecule has 2 saturated carbocycles. The summed E-state index contributed by atoms with van der Waals surface area (Å²) in [6.07, 6.45) is 10.1. The third kappa shape index (κ3) is 2.57. The first-order chi connectivity index (χ1) is 11.1. The Morgan fingerprint density at radius 1 is 0.957 bits per heavy atom. The van der Waals surface area contributed by atoms with Crippen molar-refractivity contribution in [1.82, 2.24) is 9.80 Å². The molecule has 0 aromatic rings. The molecule has 0 N–H and O–H groups in total. The minimum absolute atomic E-state index is 0.391. The Hall–Kier alpha value is -1.10. The lowest BCUT2D eigenvalue weighted by Crippen LogP contribution is -2.71. The lowest BCUT2D eigenvalue weighted by Gasteiger charge is -2.61. The lowest BCUT2D eigenvalue weighted by atomic mass is 9.57. The predicted molar refractivity (Wildman–Crippen MR) is 90.5 cm³/mol. The fourth-order valence-electron chi connectivity index (χ4n) is 5.61. The zero-order valence-corrected chi connectivity index (χ0v) is 14.7. The average Bonchev–Trinajstić information content (AvgIpc) is 2.58. The predicted octanol–water partition coefficient (Wildman–Crippen LogP) is 3.16. The van der Waals surface area contributed by atoms with Crippen molar-refractivity contribution in [3.63, 3.8) is 0 Å². The van der Waals surface area contributed by atoms with Crippen LogP contribution in [0.5, 0.6) is 0 Å². The van der Waals surface area contributed by atoms with Crippen LogP contribution in [0, 0.1) is 34.5 Å². The van der Waals surface area contributed by atoms with Gasteiger partial charge in [0.25, 0.3) is 0 Å². The number of rotatable bonds is 3. The molecule has 1 saturated heterocycles. The molecule has 0 unspecified atom stereocenters. The van der Waals surface area contributed by atoms with Gasteiger partial charge in [0.15, 0.2) is 0 Å². The largest absolute Gasteiger partial charge is 0.308 e. The normalized spacial score (nSPS) is 40.7. The zero-order chi connectivity index (χ0) is 16.5. The van der Waals surface area contributed by atoms with E-state index in [1.54, 1.807) is 0 Å². The molecule has 3 rings (SSSR count). The number of piperidine rings is 1. The van der Waals surface area contributed by atoms with Crippen LogP contribution in [0.25, 0.3) is 0 Å². The van der Waals surface area contributed by atoms with Crippen LogP contribution in [0.1, 0.15) is 57.8 Å². The molecule has 0 aromatic carbocycles. The highest BCUT2D eigenvalue weighted by Gasteiger charge is 2.61. The molecule has 2 aliphatic carbocycles. The highest BCUT2D eigenvalue weighted by atomic mass is 15.3. The van der Waals surface area contributed by atoms with E-state index in [2.05, 4.69) is 36.0 Å². The van der Waals surface area contributed by atoms with Crippen LogP contribution in [-0.4, -0.2) is 48.1 Å². The van der Waals surface area contributed by atoms with Gasteiger partial charge < -0.3 is 4.90 Å². The minimum atomic E-state index is -0.391. The van der Waals surface area contributed by atoms with Crippen molar-refractivity contribution in [1.29, 1.82) is 10.5 Å². The van der Waals surface area contributed by atoms with Crippen molar-refractivity contribution in [2.45, 2.75) is 68.9 Å². The summed E-state index contributed by atoms with van der Waals surface area (Å²) in [6.45, 7) is 1.77. The van der Waals surface area contributed by atoms with Crippen molar-refractivity contribution < 1.29 is 0 Å². The van der Waals surface area contributed by atoms with Crippen molar-refractivity contribution in [2.24, 2.45) is 11.8 Å². The Kier molecular flexibility index (Phi) is 4.68. The quantitative estimate of drug-likeness (QED) is 0.803. The van der Waals surface area contributed by atoms with E-state index in [1.807, 2.05) is 0 Å². The van der Waals surface area contributed by atoms with Crippen LogP contribution in [0.2, 0.25) is 0 Å². The first-order valence-corrected chi connectivity index (χ1v) is 9.34. The Morgan fingerprint density at radius 2 is 1.48 bits per heavy atom. The smallest absolute Gasteiger partial charge is 0.113 e. The van der Waals surface area contributed by atoms with Crippen molar-refractivity contribution in [2.75, 3.05) is 27.2 Å². The van der Waals surface area contributed by atoms with E-state index in [9.17, 15) is 10.5 Å². The summed E-state index contributed by atoms with van der Waals surface area (Å²) in [4.78, 5) is 4.58. The van der Waals surface area contributed by atoms with Crippen LogP contribution in [0.4, 0.5) is 0 Å². The molecule has 3 fully saturated rings. The van der Waals surface area contributed by atoms with Crippen LogP contribution in [0.15, 0.2) is 0 Å². The van der Waals surface area contributed by atoms with E-state index in [1.165, 1.54) is 25.7 Å². The highest BCUT2D eigenvalue weighted by molar-refractivity contribution is 5.27. The van der Waals surface area contributed by atoms with E-state index >= 15 is 0 Å². The number of hydrogen-bond acceptors (Lipinski definition) is 4. The van der Waals surface area contributed by atoms with Crippen molar-refractivity contribution in [3.8, 4) is 12.1 Å².